The summed E-state index contributed by atoms with van der Waals surface area (Å²) in [5, 5.41) is 4.39. The van der Waals surface area contributed by atoms with E-state index in [2.05, 4.69) is 10.3 Å². The molecule has 0 saturated carbocycles. The molecule has 0 unspecified atom stereocenters. The van der Waals surface area contributed by atoms with Crippen LogP contribution in [0.1, 0.15) is 28.8 Å². The van der Waals surface area contributed by atoms with Gasteiger partial charge in [-0.05, 0) is 36.8 Å². The highest BCUT2D eigenvalue weighted by Gasteiger charge is 2.33. The van der Waals surface area contributed by atoms with Crippen molar-refractivity contribution in [1.82, 2.24) is 4.98 Å². The molecule has 1 aliphatic heterocycles. The van der Waals surface area contributed by atoms with Crippen LogP contribution < -0.4 is 10.2 Å². The maximum absolute atomic E-state index is 13.3. The number of halogens is 3. The molecule has 2 amide bonds. The van der Waals surface area contributed by atoms with Gasteiger partial charge in [-0.15, -0.1) is 11.3 Å². The molecule has 29 heavy (non-hydrogen) atoms. The Labute approximate surface area is 167 Å². The Balaban J connectivity index is 1.62. The third-order valence-corrected chi connectivity index (χ3v) is 5.15. The van der Waals surface area contributed by atoms with Crippen molar-refractivity contribution in [1.29, 1.82) is 0 Å². The van der Waals surface area contributed by atoms with E-state index >= 15 is 0 Å². The number of benzene rings is 1. The van der Waals surface area contributed by atoms with Gasteiger partial charge in [0.2, 0.25) is 5.91 Å². The largest absolute Gasteiger partial charge is 0.463 e. The van der Waals surface area contributed by atoms with Crippen LogP contribution in [0.2, 0.25) is 0 Å². The number of thiazole rings is 1. The minimum atomic E-state index is -4.65. The Morgan fingerprint density at radius 2 is 2.10 bits per heavy atom. The van der Waals surface area contributed by atoms with Crippen LogP contribution in [-0.2, 0) is 11.0 Å². The van der Waals surface area contributed by atoms with E-state index in [0.29, 0.717) is 24.4 Å². The zero-order chi connectivity index (χ0) is 20.6. The topological polar surface area (TPSA) is 75.4 Å². The molecule has 150 valence electrons. The van der Waals surface area contributed by atoms with Gasteiger partial charge in [-0.3, -0.25) is 14.9 Å². The van der Waals surface area contributed by atoms with Crippen molar-refractivity contribution in [2.24, 2.45) is 0 Å². The maximum atomic E-state index is 13.3. The van der Waals surface area contributed by atoms with Gasteiger partial charge in [-0.2, -0.15) is 13.2 Å². The van der Waals surface area contributed by atoms with Crippen LogP contribution in [0.15, 0.2) is 46.4 Å². The number of carbonyl (C=O) groups is 2. The Morgan fingerprint density at radius 1 is 1.28 bits per heavy atom. The Hall–Kier alpha value is -3.14. The smallest absolute Gasteiger partial charge is 0.416 e. The van der Waals surface area contributed by atoms with Crippen molar-refractivity contribution in [3.05, 3.63) is 53.1 Å². The quantitative estimate of drug-likeness (QED) is 0.657. The van der Waals surface area contributed by atoms with Crippen molar-refractivity contribution in [3.63, 3.8) is 0 Å². The number of carbonyl (C=O) groups excluding carboxylic acids is 2. The van der Waals surface area contributed by atoms with Crippen molar-refractivity contribution < 1.29 is 27.2 Å². The minimum Gasteiger partial charge on any atom is -0.463 e. The highest BCUT2D eigenvalue weighted by molar-refractivity contribution is 7.14. The molecule has 4 rings (SSSR count). The third kappa shape index (κ3) is 4.02. The molecule has 0 aliphatic carbocycles. The van der Waals surface area contributed by atoms with Crippen LogP contribution >= 0.6 is 11.3 Å². The van der Waals surface area contributed by atoms with Gasteiger partial charge in [-0.1, -0.05) is 0 Å². The maximum Gasteiger partial charge on any atom is 0.416 e. The number of alkyl halides is 3. The van der Waals surface area contributed by atoms with Gasteiger partial charge in [0.1, 0.15) is 5.69 Å². The molecule has 1 saturated heterocycles. The molecule has 1 aliphatic rings. The van der Waals surface area contributed by atoms with Crippen LogP contribution in [0, 0.1) is 0 Å². The number of nitrogens with zero attached hydrogens (tertiary/aromatic N) is 2. The summed E-state index contributed by atoms with van der Waals surface area (Å²) in [5.74, 6) is -0.501. The van der Waals surface area contributed by atoms with Gasteiger partial charge in [0, 0.05) is 29.6 Å². The van der Waals surface area contributed by atoms with E-state index in [-0.39, 0.29) is 28.7 Å². The predicted molar refractivity (Wildman–Crippen MR) is 101 cm³/mol. The molecule has 0 radical (unpaired) electrons. The number of hydrogen-bond acceptors (Lipinski definition) is 5. The summed E-state index contributed by atoms with van der Waals surface area (Å²) in [7, 11) is 0. The lowest BCUT2D eigenvalue weighted by Crippen LogP contribution is -2.25. The Morgan fingerprint density at radius 3 is 2.76 bits per heavy atom. The fraction of sp³-hybridized carbons (Fsp3) is 0.211. The van der Waals surface area contributed by atoms with Crippen molar-refractivity contribution >= 4 is 34.0 Å². The van der Waals surface area contributed by atoms with Crippen LogP contribution in [-0.4, -0.2) is 23.3 Å². The normalized spacial score (nSPS) is 14.4. The summed E-state index contributed by atoms with van der Waals surface area (Å²) in [6.07, 6.45) is -2.34. The van der Waals surface area contributed by atoms with E-state index in [4.69, 9.17) is 4.42 Å². The van der Waals surface area contributed by atoms with Crippen LogP contribution in [0.3, 0.4) is 0 Å². The highest BCUT2D eigenvalue weighted by atomic mass is 32.1. The minimum absolute atomic E-state index is 0.0582. The average Bonchev–Trinajstić information content (AvgIpc) is 3.42. The van der Waals surface area contributed by atoms with Gasteiger partial charge in [-0.25, -0.2) is 4.98 Å². The lowest BCUT2D eigenvalue weighted by molar-refractivity contribution is -0.137. The molecular weight excluding hydrogens is 407 g/mol. The van der Waals surface area contributed by atoms with Gasteiger partial charge < -0.3 is 9.32 Å². The summed E-state index contributed by atoms with van der Waals surface area (Å²) in [6, 6.07) is 6.33. The van der Waals surface area contributed by atoms with Crippen molar-refractivity contribution in [2.75, 3.05) is 16.8 Å². The molecule has 1 fully saturated rings. The van der Waals surface area contributed by atoms with Crippen LogP contribution in [0.4, 0.5) is 24.0 Å². The van der Waals surface area contributed by atoms with E-state index < -0.39 is 17.6 Å². The molecule has 1 aromatic carbocycles. The second-order valence-corrected chi connectivity index (χ2v) is 7.24. The zero-order valence-electron chi connectivity index (χ0n) is 14.8. The zero-order valence-corrected chi connectivity index (χ0v) is 15.6. The highest BCUT2D eigenvalue weighted by Crippen LogP contribution is 2.34. The van der Waals surface area contributed by atoms with E-state index in [1.807, 2.05) is 0 Å². The second kappa shape index (κ2) is 7.36. The number of amides is 2. The molecule has 0 spiro atoms. The lowest BCUT2D eigenvalue weighted by atomic mass is 10.1. The monoisotopic (exact) mass is 421 g/mol. The first kappa shape index (κ1) is 19.2. The predicted octanol–water partition coefficient (Wildman–Crippen LogP) is 4.80. The first-order valence-corrected chi connectivity index (χ1v) is 9.52. The first-order valence-electron chi connectivity index (χ1n) is 8.65. The fourth-order valence-corrected chi connectivity index (χ4v) is 3.72. The number of rotatable bonds is 4. The number of anilines is 2. The summed E-state index contributed by atoms with van der Waals surface area (Å²) in [5.41, 5.74) is -0.634. The first-order chi connectivity index (χ1) is 13.8. The molecular formula is C19H14F3N3O3S. The van der Waals surface area contributed by atoms with Crippen molar-refractivity contribution in [3.8, 4) is 11.5 Å². The number of aromatic nitrogens is 1. The fourth-order valence-electron chi connectivity index (χ4n) is 3.02. The number of furan rings is 1. The van der Waals surface area contributed by atoms with Gasteiger partial charge in [0.05, 0.1) is 11.8 Å². The number of hydrogen-bond donors (Lipinski definition) is 1. The average molecular weight is 421 g/mol. The summed E-state index contributed by atoms with van der Waals surface area (Å²) in [4.78, 5) is 30.0. The third-order valence-electron chi connectivity index (χ3n) is 4.39. The van der Waals surface area contributed by atoms with Gasteiger partial charge >= 0.3 is 6.18 Å². The molecule has 6 nitrogen and oxygen atoms in total. The van der Waals surface area contributed by atoms with E-state index in [9.17, 15) is 22.8 Å². The summed E-state index contributed by atoms with van der Waals surface area (Å²) >= 11 is 1.12. The van der Waals surface area contributed by atoms with Gasteiger partial charge in [0.25, 0.3) is 5.91 Å². The Bertz CT molecular complexity index is 1060. The van der Waals surface area contributed by atoms with Crippen molar-refractivity contribution in [2.45, 2.75) is 19.0 Å². The molecule has 3 heterocycles. The van der Waals surface area contributed by atoms with E-state index in [0.717, 1.165) is 23.5 Å². The molecule has 1 N–H and O–H groups in total. The lowest BCUT2D eigenvalue weighted by Gasteiger charge is -2.19. The molecule has 10 heteroatoms. The van der Waals surface area contributed by atoms with Crippen LogP contribution in [0.5, 0.6) is 0 Å². The SMILES string of the molecule is O=C(Nc1nc(-c2ccco2)cs1)c1cc(N2CCCC2=O)cc(C(F)(F)F)c1. The molecule has 3 aromatic rings. The van der Waals surface area contributed by atoms with Crippen LogP contribution in [0.25, 0.3) is 11.5 Å². The Kier molecular flexibility index (Phi) is 4.87. The van der Waals surface area contributed by atoms with E-state index in [1.165, 1.54) is 17.2 Å². The molecule has 2 aromatic heterocycles. The molecule has 0 atom stereocenters. The molecule has 0 bridgehead atoms. The second-order valence-electron chi connectivity index (χ2n) is 6.38. The van der Waals surface area contributed by atoms with Gasteiger partial charge in [0.15, 0.2) is 10.9 Å². The standard InChI is InChI=1S/C19H14F3N3O3S/c20-19(21,22)12-7-11(8-13(9-12)25-5-1-4-16(25)26)17(27)24-18-23-14(10-29-18)15-3-2-6-28-15/h2-3,6-10H,1,4-5H2,(H,23,24,27). The summed E-state index contributed by atoms with van der Waals surface area (Å²) in [6.45, 7) is 0.320. The van der Waals surface area contributed by atoms with E-state index in [1.54, 1.807) is 17.5 Å². The summed E-state index contributed by atoms with van der Waals surface area (Å²) < 4.78 is 45.2. The number of nitrogens with one attached hydrogen (secondary N) is 1.